The van der Waals surface area contributed by atoms with Gasteiger partial charge in [-0.25, -0.2) is 0 Å². The Morgan fingerprint density at radius 2 is 1.44 bits per heavy atom. The van der Waals surface area contributed by atoms with E-state index in [1.807, 2.05) is 43.3 Å². The molecular formula is C23H20N2. The minimum atomic E-state index is 0.712. The number of aromatic nitrogens is 1. The molecule has 122 valence electrons. The Bertz CT molecular complexity index is 1020. The van der Waals surface area contributed by atoms with Gasteiger partial charge in [-0.05, 0) is 36.2 Å². The van der Waals surface area contributed by atoms with E-state index in [2.05, 4.69) is 60.4 Å². The highest BCUT2D eigenvalue weighted by molar-refractivity contribution is 5.82. The summed E-state index contributed by atoms with van der Waals surface area (Å²) < 4.78 is 0. The topological polar surface area (TPSA) is 39.6 Å². The maximum atomic E-state index is 8.81. The molecule has 0 spiro atoms. The molecule has 1 heterocycles. The van der Waals surface area contributed by atoms with Crippen molar-refractivity contribution in [1.82, 2.24) is 4.98 Å². The molecule has 2 nitrogen and oxygen atoms in total. The van der Waals surface area contributed by atoms with Crippen molar-refractivity contribution in [2.24, 2.45) is 0 Å². The van der Waals surface area contributed by atoms with Crippen LogP contribution in [0.4, 0.5) is 0 Å². The van der Waals surface area contributed by atoms with Gasteiger partial charge < -0.3 is 4.98 Å². The van der Waals surface area contributed by atoms with Crippen LogP contribution in [0.1, 0.15) is 16.8 Å². The van der Waals surface area contributed by atoms with Gasteiger partial charge in [0.2, 0.25) is 0 Å². The second kappa shape index (κ2) is 7.51. The summed E-state index contributed by atoms with van der Waals surface area (Å²) in [5, 5.41) is 11.5. The van der Waals surface area contributed by atoms with Crippen LogP contribution in [0.15, 0.2) is 78.9 Å². The molecule has 3 aromatic carbocycles. The molecule has 0 saturated heterocycles. The van der Waals surface area contributed by atoms with Crippen LogP contribution < -0.4 is 0 Å². The Hall–Kier alpha value is -3.31. The number of rotatable bonds is 1. The van der Waals surface area contributed by atoms with Gasteiger partial charge in [0.15, 0.2) is 0 Å². The average molecular weight is 324 g/mol. The van der Waals surface area contributed by atoms with E-state index in [1.165, 1.54) is 16.3 Å². The summed E-state index contributed by atoms with van der Waals surface area (Å²) >= 11 is 0. The minimum absolute atomic E-state index is 0.712. The fourth-order valence-corrected chi connectivity index (χ4v) is 2.76. The summed E-state index contributed by atoms with van der Waals surface area (Å²) in [7, 11) is 0. The third kappa shape index (κ3) is 3.97. The molecule has 0 bridgehead atoms. The highest BCUT2D eigenvalue weighted by Gasteiger charge is 2.04. The molecule has 0 saturated carbocycles. The SMILES string of the molecule is Cc1[nH]c(-c2ccccc2)cc1C#N.Cc1ccc2ccccc2c1. The maximum Gasteiger partial charge on any atom is 0.101 e. The number of nitrogens with one attached hydrogen (secondary N) is 1. The molecule has 0 aliphatic heterocycles. The molecule has 4 rings (SSSR count). The number of nitriles is 1. The zero-order chi connectivity index (χ0) is 17.6. The number of hydrogen-bond acceptors (Lipinski definition) is 1. The predicted molar refractivity (Wildman–Crippen MR) is 104 cm³/mol. The Kier molecular flexibility index (Phi) is 4.97. The standard InChI is InChI=1S/C12H10N2.C11H10/c1-9-11(8-13)7-12(14-9)10-5-3-2-4-6-10;1-9-6-7-10-4-2-3-5-11(10)8-9/h2-7,14H,1H3;2-8H,1H3. The summed E-state index contributed by atoms with van der Waals surface area (Å²) in [6, 6.07) is 28.9. The third-order valence-electron chi connectivity index (χ3n) is 4.13. The molecule has 1 aromatic heterocycles. The minimum Gasteiger partial charge on any atom is -0.358 e. The van der Waals surface area contributed by atoms with Crippen molar-refractivity contribution in [3.05, 3.63) is 95.7 Å². The lowest BCUT2D eigenvalue weighted by Crippen LogP contribution is -1.76. The number of benzene rings is 3. The zero-order valence-electron chi connectivity index (χ0n) is 14.5. The van der Waals surface area contributed by atoms with Crippen molar-refractivity contribution in [2.45, 2.75) is 13.8 Å². The van der Waals surface area contributed by atoms with Crippen molar-refractivity contribution in [3.8, 4) is 17.3 Å². The second-order valence-electron chi connectivity index (χ2n) is 6.05. The van der Waals surface area contributed by atoms with Crippen LogP contribution >= 0.6 is 0 Å². The van der Waals surface area contributed by atoms with Crippen molar-refractivity contribution in [1.29, 1.82) is 5.26 Å². The molecule has 0 aliphatic rings. The van der Waals surface area contributed by atoms with E-state index in [0.717, 1.165) is 17.0 Å². The number of fused-ring (bicyclic) bond motifs is 1. The first kappa shape index (κ1) is 16.5. The lowest BCUT2D eigenvalue weighted by molar-refractivity contribution is 1.25. The molecule has 2 heteroatoms. The number of nitrogens with zero attached hydrogens (tertiary/aromatic N) is 1. The van der Waals surface area contributed by atoms with Crippen LogP contribution in [0.3, 0.4) is 0 Å². The van der Waals surface area contributed by atoms with Crippen LogP contribution in [0.5, 0.6) is 0 Å². The number of aromatic amines is 1. The number of aryl methyl sites for hydroxylation is 2. The molecule has 0 unspecified atom stereocenters. The molecule has 0 radical (unpaired) electrons. The second-order valence-corrected chi connectivity index (χ2v) is 6.05. The zero-order valence-corrected chi connectivity index (χ0v) is 14.5. The molecule has 0 atom stereocenters. The summed E-state index contributed by atoms with van der Waals surface area (Å²) in [6.07, 6.45) is 0. The summed E-state index contributed by atoms with van der Waals surface area (Å²) in [6.45, 7) is 4.03. The largest absolute Gasteiger partial charge is 0.358 e. The van der Waals surface area contributed by atoms with E-state index in [4.69, 9.17) is 5.26 Å². The number of hydrogen-bond donors (Lipinski definition) is 1. The molecule has 25 heavy (non-hydrogen) atoms. The Balaban J connectivity index is 0.000000150. The first-order valence-electron chi connectivity index (χ1n) is 8.28. The smallest absolute Gasteiger partial charge is 0.101 e. The Morgan fingerprint density at radius 3 is 2.12 bits per heavy atom. The lowest BCUT2D eigenvalue weighted by Gasteiger charge is -1.96. The fraction of sp³-hybridized carbons (Fsp3) is 0.0870. The molecular weight excluding hydrogens is 304 g/mol. The molecule has 1 N–H and O–H groups in total. The average Bonchev–Trinajstić information content (AvgIpc) is 3.04. The van der Waals surface area contributed by atoms with Crippen LogP contribution in [-0.2, 0) is 0 Å². The third-order valence-corrected chi connectivity index (χ3v) is 4.13. The molecule has 0 aliphatic carbocycles. The first-order chi connectivity index (χ1) is 12.2. The van der Waals surface area contributed by atoms with E-state index < -0.39 is 0 Å². The van der Waals surface area contributed by atoms with E-state index in [0.29, 0.717) is 5.56 Å². The monoisotopic (exact) mass is 324 g/mol. The van der Waals surface area contributed by atoms with Crippen molar-refractivity contribution in [3.63, 3.8) is 0 Å². The van der Waals surface area contributed by atoms with Crippen LogP contribution in [-0.4, -0.2) is 4.98 Å². The summed E-state index contributed by atoms with van der Waals surface area (Å²) in [4.78, 5) is 3.19. The number of H-pyrrole nitrogens is 1. The summed E-state index contributed by atoms with van der Waals surface area (Å²) in [5.74, 6) is 0. The van der Waals surface area contributed by atoms with Crippen LogP contribution in [0, 0.1) is 25.2 Å². The summed E-state index contributed by atoms with van der Waals surface area (Å²) in [5.41, 5.74) is 5.07. The van der Waals surface area contributed by atoms with Gasteiger partial charge >= 0.3 is 0 Å². The molecule has 4 aromatic rings. The van der Waals surface area contributed by atoms with Crippen molar-refractivity contribution >= 4 is 10.8 Å². The van der Waals surface area contributed by atoms with Gasteiger partial charge in [0.05, 0.1) is 5.56 Å². The highest BCUT2D eigenvalue weighted by atomic mass is 14.7. The van der Waals surface area contributed by atoms with Gasteiger partial charge in [0.25, 0.3) is 0 Å². The normalized spacial score (nSPS) is 9.96. The molecule has 0 fully saturated rings. The van der Waals surface area contributed by atoms with Gasteiger partial charge in [0, 0.05) is 11.4 Å². The predicted octanol–water partition coefficient (Wildman–Crippen LogP) is 6.01. The highest BCUT2D eigenvalue weighted by Crippen LogP contribution is 2.20. The van der Waals surface area contributed by atoms with Gasteiger partial charge in [-0.3, -0.25) is 0 Å². The van der Waals surface area contributed by atoms with E-state index in [-0.39, 0.29) is 0 Å². The first-order valence-corrected chi connectivity index (χ1v) is 8.28. The lowest BCUT2D eigenvalue weighted by atomic mass is 10.1. The Morgan fingerprint density at radius 1 is 0.760 bits per heavy atom. The van der Waals surface area contributed by atoms with Gasteiger partial charge in [-0.2, -0.15) is 5.26 Å². The van der Waals surface area contributed by atoms with E-state index >= 15 is 0 Å². The maximum absolute atomic E-state index is 8.81. The van der Waals surface area contributed by atoms with Gasteiger partial charge in [-0.1, -0.05) is 78.4 Å². The van der Waals surface area contributed by atoms with Crippen LogP contribution in [0.2, 0.25) is 0 Å². The van der Waals surface area contributed by atoms with Crippen molar-refractivity contribution in [2.75, 3.05) is 0 Å². The molecule has 0 amide bonds. The van der Waals surface area contributed by atoms with E-state index in [1.54, 1.807) is 0 Å². The van der Waals surface area contributed by atoms with E-state index in [9.17, 15) is 0 Å². The quantitative estimate of drug-likeness (QED) is 0.457. The van der Waals surface area contributed by atoms with Gasteiger partial charge in [-0.15, -0.1) is 0 Å². The van der Waals surface area contributed by atoms with Gasteiger partial charge in [0.1, 0.15) is 6.07 Å². The Labute approximate surface area is 148 Å². The fourth-order valence-electron chi connectivity index (χ4n) is 2.76. The van der Waals surface area contributed by atoms with Crippen LogP contribution in [0.25, 0.3) is 22.0 Å². The van der Waals surface area contributed by atoms with Crippen molar-refractivity contribution < 1.29 is 0 Å².